The molecule has 2 heteroatoms. The molecule has 1 aromatic heterocycles. The van der Waals surface area contributed by atoms with Crippen molar-refractivity contribution in [2.24, 2.45) is 0 Å². The first-order valence-electron chi connectivity index (χ1n) is 4.23. The SMILES string of the molecule is C=CC(C)c1cnc(C(C)C)s1. The van der Waals surface area contributed by atoms with Gasteiger partial charge in [-0.3, -0.25) is 0 Å². The van der Waals surface area contributed by atoms with Crippen LogP contribution >= 0.6 is 11.3 Å². The molecule has 1 heterocycles. The summed E-state index contributed by atoms with van der Waals surface area (Å²) in [5, 5.41) is 1.22. The molecule has 1 rings (SSSR count). The van der Waals surface area contributed by atoms with Crippen LogP contribution in [0, 0.1) is 0 Å². The summed E-state index contributed by atoms with van der Waals surface area (Å²) in [6.07, 6.45) is 3.92. The second kappa shape index (κ2) is 3.85. The molecule has 12 heavy (non-hydrogen) atoms. The maximum Gasteiger partial charge on any atom is 0.0953 e. The van der Waals surface area contributed by atoms with E-state index in [1.165, 1.54) is 9.88 Å². The lowest BCUT2D eigenvalue weighted by Gasteiger charge is -1.99. The molecule has 1 nitrogen and oxygen atoms in total. The Morgan fingerprint density at radius 3 is 2.58 bits per heavy atom. The van der Waals surface area contributed by atoms with Crippen LogP contribution in [0.15, 0.2) is 18.9 Å². The van der Waals surface area contributed by atoms with Gasteiger partial charge in [0.25, 0.3) is 0 Å². The molecule has 66 valence electrons. The average Bonchev–Trinajstić information content (AvgIpc) is 2.51. The smallest absolute Gasteiger partial charge is 0.0953 e. The summed E-state index contributed by atoms with van der Waals surface area (Å²) in [5.74, 6) is 0.982. The molecule has 0 amide bonds. The zero-order valence-corrected chi connectivity index (χ0v) is 8.69. The van der Waals surface area contributed by atoms with Crippen LogP contribution in [-0.4, -0.2) is 4.98 Å². The normalized spacial score (nSPS) is 13.3. The van der Waals surface area contributed by atoms with Gasteiger partial charge in [-0.2, -0.15) is 0 Å². The Hall–Kier alpha value is -0.630. The standard InChI is InChI=1S/C10H15NS/c1-5-8(4)9-6-11-10(12-9)7(2)3/h5-8H,1H2,2-4H3. The molecule has 0 N–H and O–H groups in total. The molecule has 0 aliphatic heterocycles. The number of hydrogen-bond donors (Lipinski definition) is 0. The Morgan fingerprint density at radius 2 is 2.17 bits per heavy atom. The fourth-order valence-electron chi connectivity index (χ4n) is 0.894. The first kappa shape index (κ1) is 9.46. The van der Waals surface area contributed by atoms with Crippen LogP contribution in [0.5, 0.6) is 0 Å². The van der Waals surface area contributed by atoms with E-state index >= 15 is 0 Å². The highest BCUT2D eigenvalue weighted by molar-refractivity contribution is 7.11. The van der Waals surface area contributed by atoms with Crippen molar-refractivity contribution in [2.75, 3.05) is 0 Å². The van der Waals surface area contributed by atoms with Crippen molar-refractivity contribution in [1.29, 1.82) is 0 Å². The summed E-state index contributed by atoms with van der Waals surface area (Å²) >= 11 is 1.79. The van der Waals surface area contributed by atoms with E-state index in [0.29, 0.717) is 11.8 Å². The first-order chi connectivity index (χ1) is 5.65. The second-order valence-corrected chi connectivity index (χ2v) is 4.37. The molecule has 0 radical (unpaired) electrons. The Kier molecular flexibility index (Phi) is 3.04. The van der Waals surface area contributed by atoms with E-state index in [4.69, 9.17) is 0 Å². The summed E-state index contributed by atoms with van der Waals surface area (Å²) in [4.78, 5) is 5.67. The van der Waals surface area contributed by atoms with E-state index in [2.05, 4.69) is 32.3 Å². The highest BCUT2D eigenvalue weighted by Gasteiger charge is 2.08. The number of thiazole rings is 1. The molecule has 0 spiro atoms. The van der Waals surface area contributed by atoms with Crippen molar-refractivity contribution in [3.8, 4) is 0 Å². The molecule has 0 aliphatic carbocycles. The zero-order valence-electron chi connectivity index (χ0n) is 7.87. The number of rotatable bonds is 3. The predicted molar refractivity (Wildman–Crippen MR) is 54.8 cm³/mol. The third kappa shape index (κ3) is 1.95. The number of allylic oxidation sites excluding steroid dienone is 1. The minimum Gasteiger partial charge on any atom is -0.249 e. The van der Waals surface area contributed by atoms with Crippen molar-refractivity contribution in [1.82, 2.24) is 4.98 Å². The molecule has 0 bridgehead atoms. The van der Waals surface area contributed by atoms with Crippen LogP contribution in [0.25, 0.3) is 0 Å². The molecule has 0 saturated carbocycles. The van der Waals surface area contributed by atoms with Crippen molar-refractivity contribution in [3.63, 3.8) is 0 Å². The van der Waals surface area contributed by atoms with Gasteiger partial charge in [0, 0.05) is 22.9 Å². The molecule has 1 unspecified atom stereocenters. The minimum absolute atomic E-state index is 0.440. The monoisotopic (exact) mass is 181 g/mol. The molecule has 0 fully saturated rings. The highest BCUT2D eigenvalue weighted by atomic mass is 32.1. The van der Waals surface area contributed by atoms with Gasteiger partial charge in [0.2, 0.25) is 0 Å². The average molecular weight is 181 g/mol. The third-order valence-corrected chi connectivity index (χ3v) is 3.34. The number of nitrogens with zero attached hydrogens (tertiary/aromatic N) is 1. The quantitative estimate of drug-likeness (QED) is 0.650. The van der Waals surface area contributed by atoms with Crippen molar-refractivity contribution in [3.05, 3.63) is 28.7 Å². The highest BCUT2D eigenvalue weighted by Crippen LogP contribution is 2.27. The fraction of sp³-hybridized carbons (Fsp3) is 0.500. The van der Waals surface area contributed by atoms with Crippen molar-refractivity contribution in [2.45, 2.75) is 32.6 Å². The van der Waals surface area contributed by atoms with Crippen molar-refractivity contribution >= 4 is 11.3 Å². The van der Waals surface area contributed by atoms with Gasteiger partial charge < -0.3 is 0 Å². The Bertz CT molecular complexity index is 263. The molecule has 0 aromatic carbocycles. The van der Waals surface area contributed by atoms with Crippen molar-refractivity contribution < 1.29 is 0 Å². The number of hydrogen-bond acceptors (Lipinski definition) is 2. The summed E-state index contributed by atoms with van der Waals surface area (Å²) in [6, 6.07) is 0. The summed E-state index contributed by atoms with van der Waals surface area (Å²) < 4.78 is 0. The molecule has 1 atom stereocenters. The zero-order chi connectivity index (χ0) is 9.14. The topological polar surface area (TPSA) is 12.9 Å². The lowest BCUT2D eigenvalue weighted by Crippen LogP contribution is -1.82. The van der Waals surface area contributed by atoms with E-state index in [-0.39, 0.29) is 0 Å². The van der Waals surface area contributed by atoms with Crippen LogP contribution in [0.2, 0.25) is 0 Å². The maximum absolute atomic E-state index is 4.36. The van der Waals surface area contributed by atoms with Crippen LogP contribution < -0.4 is 0 Å². The van der Waals surface area contributed by atoms with Gasteiger partial charge in [0.05, 0.1) is 5.01 Å². The van der Waals surface area contributed by atoms with E-state index in [0.717, 1.165) is 0 Å². The molecular weight excluding hydrogens is 166 g/mol. The molecule has 0 saturated heterocycles. The van der Waals surface area contributed by atoms with Gasteiger partial charge in [-0.05, 0) is 0 Å². The molecule has 0 aliphatic rings. The van der Waals surface area contributed by atoms with E-state index in [1.807, 2.05) is 12.3 Å². The van der Waals surface area contributed by atoms with Crippen LogP contribution in [0.4, 0.5) is 0 Å². The van der Waals surface area contributed by atoms with Gasteiger partial charge in [0.15, 0.2) is 0 Å². The lowest BCUT2D eigenvalue weighted by molar-refractivity contribution is 0.852. The second-order valence-electron chi connectivity index (χ2n) is 3.28. The Labute approximate surface area is 78.2 Å². The van der Waals surface area contributed by atoms with E-state index in [9.17, 15) is 0 Å². The summed E-state index contributed by atoms with van der Waals surface area (Å²) in [6.45, 7) is 10.2. The van der Waals surface area contributed by atoms with Gasteiger partial charge >= 0.3 is 0 Å². The summed E-state index contributed by atoms with van der Waals surface area (Å²) in [7, 11) is 0. The van der Waals surface area contributed by atoms with Crippen LogP contribution in [-0.2, 0) is 0 Å². The van der Waals surface area contributed by atoms with Gasteiger partial charge in [-0.25, -0.2) is 4.98 Å². The van der Waals surface area contributed by atoms with Crippen LogP contribution in [0.1, 0.15) is 42.5 Å². The third-order valence-electron chi connectivity index (χ3n) is 1.84. The van der Waals surface area contributed by atoms with Gasteiger partial charge in [-0.15, -0.1) is 17.9 Å². The number of aromatic nitrogens is 1. The van der Waals surface area contributed by atoms with E-state index < -0.39 is 0 Å². The fourth-order valence-corrected chi connectivity index (χ4v) is 1.86. The lowest BCUT2D eigenvalue weighted by atomic mass is 10.1. The Balaban J connectivity index is 2.83. The van der Waals surface area contributed by atoms with Gasteiger partial charge in [0.1, 0.15) is 0 Å². The van der Waals surface area contributed by atoms with Gasteiger partial charge in [-0.1, -0.05) is 26.8 Å². The molecule has 1 aromatic rings. The molecular formula is C10H15NS. The summed E-state index contributed by atoms with van der Waals surface area (Å²) in [5.41, 5.74) is 0. The minimum atomic E-state index is 0.440. The largest absolute Gasteiger partial charge is 0.249 e. The maximum atomic E-state index is 4.36. The Morgan fingerprint density at radius 1 is 1.50 bits per heavy atom. The van der Waals surface area contributed by atoms with Crippen LogP contribution in [0.3, 0.4) is 0 Å². The first-order valence-corrected chi connectivity index (χ1v) is 5.05. The van der Waals surface area contributed by atoms with E-state index in [1.54, 1.807) is 11.3 Å². The predicted octanol–water partition coefficient (Wildman–Crippen LogP) is 3.56.